The van der Waals surface area contributed by atoms with Crippen molar-refractivity contribution in [3.05, 3.63) is 194 Å². The van der Waals surface area contributed by atoms with Crippen LogP contribution < -0.4 is 38.1 Å². The summed E-state index contributed by atoms with van der Waals surface area (Å²) < 4.78 is 21.3. The number of fused-ring (bicyclic) bond motifs is 4. The lowest BCUT2D eigenvalue weighted by atomic mass is 10.0. The van der Waals surface area contributed by atoms with E-state index in [9.17, 15) is 48.3 Å². The van der Waals surface area contributed by atoms with Gasteiger partial charge in [0.05, 0.1) is 29.2 Å². The van der Waals surface area contributed by atoms with Crippen molar-refractivity contribution in [2.45, 2.75) is 252 Å². The van der Waals surface area contributed by atoms with Gasteiger partial charge in [-0.15, -0.1) is 0 Å². The number of benzene rings is 6. The maximum Gasteiger partial charge on any atom is 0.413 e. The van der Waals surface area contributed by atoms with Gasteiger partial charge in [0.1, 0.15) is 45.7 Å². The van der Waals surface area contributed by atoms with Crippen LogP contribution in [0.3, 0.4) is 0 Å². The van der Waals surface area contributed by atoms with E-state index in [0.717, 1.165) is 97.7 Å². The summed E-state index contributed by atoms with van der Waals surface area (Å²) in [6.07, 6.45) is 13.3. The van der Waals surface area contributed by atoms with Crippen LogP contribution in [0.1, 0.15) is 270 Å². The molecule has 4 heterocycles. The number of ether oxygens (including phenoxy) is 4. The number of aryl methyl sites for hydroxylation is 1. The highest BCUT2D eigenvalue weighted by Gasteiger charge is 2.33. The Bertz CT molecular complexity index is 5190. The normalized spacial score (nSPS) is 14.1. The molecule has 2 aliphatic carbocycles. The first kappa shape index (κ1) is 105. The van der Waals surface area contributed by atoms with Gasteiger partial charge >= 0.3 is 30.2 Å². The summed E-state index contributed by atoms with van der Waals surface area (Å²) in [7, 11) is 0. The van der Waals surface area contributed by atoms with E-state index in [4.69, 9.17) is 35.4 Å². The Kier molecular flexibility index (Phi) is 39.0. The number of amides is 7. The molecule has 2 fully saturated rings. The monoisotopic (exact) mass is 1770 g/mol. The first-order valence-corrected chi connectivity index (χ1v) is 43.6. The molecule has 0 saturated heterocycles. The maximum absolute atomic E-state index is 13.6. The Morgan fingerprint density at radius 3 is 1.41 bits per heavy atom. The molecule has 7 amide bonds. The van der Waals surface area contributed by atoms with Gasteiger partial charge in [0, 0.05) is 133 Å². The number of para-hydroxylation sites is 3. The van der Waals surface area contributed by atoms with Crippen molar-refractivity contribution >= 4 is 130 Å². The summed E-state index contributed by atoms with van der Waals surface area (Å²) in [4.78, 5) is 138. The zero-order chi connectivity index (χ0) is 91.8. The molecule has 6 aromatic carbocycles. The number of nitrogen functional groups attached to an aromatic ring is 1. The van der Waals surface area contributed by atoms with Crippen molar-refractivity contribution in [3.8, 4) is 0 Å². The van der Waals surface area contributed by atoms with Crippen LogP contribution in [0.2, 0.25) is 0 Å². The number of hydrogen-bond donors (Lipinski definition) is 8. The summed E-state index contributed by atoms with van der Waals surface area (Å²) in [6.45, 7) is 34.7. The average Bonchev–Trinajstić information content (AvgIpc) is 1.75. The molecule has 28 nitrogen and oxygen atoms in total. The van der Waals surface area contributed by atoms with Crippen molar-refractivity contribution in [2.24, 2.45) is 37.5 Å². The van der Waals surface area contributed by atoms with Gasteiger partial charge in [-0.1, -0.05) is 129 Å². The average molecular weight is 1770 g/mol. The Morgan fingerprint density at radius 2 is 0.915 bits per heavy atom. The zero-order valence-corrected chi connectivity index (χ0v) is 75.9. The number of carbonyl (C=O) groups is 9. The number of anilines is 3. The minimum atomic E-state index is -1.08. The fraction of sp³-hybridized carbons (Fsp3) is 0.455. The molecule has 0 bridgehead atoms. The molecular weight excluding hydrogens is 1630 g/mol. The van der Waals surface area contributed by atoms with Gasteiger partial charge in [-0.2, -0.15) is 0 Å². The van der Waals surface area contributed by atoms with Crippen LogP contribution in [-0.4, -0.2) is 159 Å². The first-order valence-electron chi connectivity index (χ1n) is 43.6. The number of aliphatic imine (C=N–C) groups is 4. The largest absolute Gasteiger partial charge is 0.478 e. The third-order valence-corrected chi connectivity index (χ3v) is 19.9. The van der Waals surface area contributed by atoms with E-state index in [1.54, 1.807) is 122 Å². The summed E-state index contributed by atoms with van der Waals surface area (Å²) in [6, 6.07) is 38.5. The summed E-state index contributed by atoms with van der Waals surface area (Å²) in [5, 5.41) is 23.7. The smallest absolute Gasteiger partial charge is 0.413 e. The quantitative estimate of drug-likeness (QED) is 0.0158. The number of aromatic carboxylic acids is 1. The standard InChI is InChI=1S/C35H47N5O6.C26H29N5O.C24H31N3O5.C13H19NO2.3CH4/c1-9-17-40(18-10-2)31(42)26-19-23-15-16-24(20-28(23)37-29(21-26)39-33(44)46-35(6,7)8)30(41)38-27-14-12-11-13-25(27)22-36-32(43)45-34(3,4)5;1-2-11-31(16-17-7-8-17)26(32)21-12-18-9-10-19(13-23(18)29-24(27)14-21)25-28-15-20-5-3-4-6-22(20)30-25;1-5-10-27(14-15-6-7-15)21(28)18-11-16-8-9-17(22(29)30)12-19(16)25-20(13-18)26-23(31)32-24(2,3)4;1-13(2,3)16-12(15)9-8-10-6-4-5-7-11(10)14;;;/h11-16,19-20H,9-10,17-18,21-22H2,1-8H3,(H,36,43)(H,38,41)(H,37,39,44);3-6,9-10,12-13,17H,2,7-8,11,14-16H2,1H3,(H2,27,29)(H,28,30);8-9,11-12,15H,5-7,10,13-14H2,1-4H3,(H,29,30)(H,25,26,31);4-7H,8-9,14H2,1-3H3;3*1H4. The molecule has 0 unspecified atom stereocenters. The lowest BCUT2D eigenvalue weighted by Crippen LogP contribution is -2.38. The predicted octanol–water partition coefficient (Wildman–Crippen LogP) is 20.3. The molecule has 2 saturated carbocycles. The molecular formula is C101H138N14O14. The molecule has 0 radical (unpaired) electrons. The van der Waals surface area contributed by atoms with Gasteiger partial charge in [-0.3, -0.25) is 39.6 Å². The number of hydrogen-bond acceptors (Lipinski definition) is 20. The Hall–Kier alpha value is -12.8. The van der Waals surface area contributed by atoms with E-state index in [1.165, 1.54) is 30.5 Å². The molecule has 0 aromatic heterocycles. The van der Waals surface area contributed by atoms with Crippen LogP contribution >= 0.6 is 0 Å². The second-order valence-electron chi connectivity index (χ2n) is 36.0. The molecule has 129 heavy (non-hydrogen) atoms. The van der Waals surface area contributed by atoms with Gasteiger partial charge in [0.25, 0.3) is 5.91 Å². The topological polar surface area (TPSA) is 382 Å². The number of carboxylic acid groups (broad SMARTS) is 1. The van der Waals surface area contributed by atoms with Gasteiger partial charge in [0.15, 0.2) is 0 Å². The zero-order valence-electron chi connectivity index (χ0n) is 75.9. The predicted molar refractivity (Wildman–Crippen MR) is 518 cm³/mol. The van der Waals surface area contributed by atoms with E-state index in [2.05, 4.69) is 60.6 Å². The van der Waals surface area contributed by atoms with Crippen LogP contribution in [0.15, 0.2) is 164 Å². The lowest BCUT2D eigenvalue weighted by Gasteiger charge is -2.24. The van der Waals surface area contributed by atoms with Gasteiger partial charge in [-0.25, -0.2) is 34.2 Å². The number of nitrogens with one attached hydrogen (secondary N) is 5. The third kappa shape index (κ3) is 34.1. The Labute approximate surface area is 762 Å². The van der Waals surface area contributed by atoms with E-state index in [0.29, 0.717) is 119 Å². The van der Waals surface area contributed by atoms with Crippen molar-refractivity contribution in [1.82, 2.24) is 30.7 Å². The number of carbonyl (C=O) groups excluding carboxylic acids is 8. The van der Waals surface area contributed by atoms with Crippen LogP contribution in [0.4, 0.5) is 48.5 Å². The minimum absolute atomic E-state index is 0. The summed E-state index contributed by atoms with van der Waals surface area (Å²) >= 11 is 0. The molecule has 12 rings (SSSR count). The van der Waals surface area contributed by atoms with E-state index in [-0.39, 0.29) is 82.6 Å². The molecule has 4 aliphatic heterocycles. The molecule has 10 N–H and O–H groups in total. The number of esters is 1. The lowest BCUT2D eigenvalue weighted by molar-refractivity contribution is -0.154. The summed E-state index contributed by atoms with van der Waals surface area (Å²) in [5.41, 5.74) is 21.5. The Balaban J connectivity index is 0.000000276. The number of carboxylic acids is 1. The number of amidine groups is 4. The van der Waals surface area contributed by atoms with Crippen LogP contribution in [0.5, 0.6) is 0 Å². The van der Waals surface area contributed by atoms with Gasteiger partial charge < -0.3 is 66.2 Å². The van der Waals surface area contributed by atoms with E-state index < -0.39 is 52.6 Å². The van der Waals surface area contributed by atoms with Crippen LogP contribution in [0.25, 0.3) is 18.2 Å². The maximum atomic E-state index is 13.6. The van der Waals surface area contributed by atoms with Crippen molar-refractivity contribution in [3.63, 3.8) is 0 Å². The fourth-order valence-corrected chi connectivity index (χ4v) is 13.9. The molecule has 696 valence electrons. The van der Waals surface area contributed by atoms with Crippen molar-refractivity contribution < 1.29 is 67.2 Å². The van der Waals surface area contributed by atoms with Crippen molar-refractivity contribution in [1.29, 1.82) is 0 Å². The van der Waals surface area contributed by atoms with E-state index in [1.807, 2.05) is 118 Å². The summed E-state index contributed by atoms with van der Waals surface area (Å²) in [5.74, 6) is 1.18. The second kappa shape index (κ2) is 47.9. The fourth-order valence-electron chi connectivity index (χ4n) is 13.9. The van der Waals surface area contributed by atoms with Crippen LogP contribution in [0, 0.1) is 11.8 Å². The molecule has 6 aliphatic rings. The Morgan fingerprint density at radius 1 is 0.481 bits per heavy atom. The highest BCUT2D eigenvalue weighted by atomic mass is 16.6. The van der Waals surface area contributed by atoms with Crippen LogP contribution in [-0.2, 0) is 57.6 Å². The highest BCUT2D eigenvalue weighted by Crippen LogP contribution is 2.37. The SMILES string of the molecule is C.C.C.CC(C)(C)OC(=O)CCc1ccccc1N.CCCN(CC1CC1)C(=O)C1=Cc2ccc(C(=O)O)cc2N=C(NC(=O)OC(C)(C)C)C1.CCCN(CC1CC1)C(=O)C1=Cc2ccc(C3=NCc4ccccc4N3)cc2N=C(N)C1.CCCN(CCC)C(=O)C1=Cc2ccc(C(=O)Nc3ccccc3CNC(=O)OC(C)(C)C)cc2N=C(NC(=O)OC(C)(C)C)C1. The molecule has 28 heteroatoms. The molecule has 0 atom stereocenters. The van der Waals surface area contributed by atoms with Gasteiger partial charge in [0.2, 0.25) is 17.7 Å². The number of nitrogens with zero attached hydrogens (tertiary/aromatic N) is 7. The molecule has 0 spiro atoms. The number of alkyl carbamates (subject to hydrolysis) is 3. The number of rotatable bonds is 24. The van der Waals surface area contributed by atoms with E-state index >= 15 is 0 Å². The third-order valence-electron chi connectivity index (χ3n) is 19.9. The number of nitrogens with two attached hydrogens (primary N) is 2. The second-order valence-corrected chi connectivity index (χ2v) is 36.0. The molecule has 6 aromatic rings. The first-order chi connectivity index (χ1) is 59.6. The minimum Gasteiger partial charge on any atom is -0.478 e. The van der Waals surface area contributed by atoms with Crippen molar-refractivity contribution in [2.75, 3.05) is 55.6 Å². The highest BCUT2D eigenvalue weighted by molar-refractivity contribution is 6.13. The van der Waals surface area contributed by atoms with Gasteiger partial charge in [-0.05, 0) is 236 Å².